The molecule has 4 heteroatoms. The lowest BCUT2D eigenvalue weighted by atomic mass is 9.83. The molecule has 1 aromatic carbocycles. The summed E-state index contributed by atoms with van der Waals surface area (Å²) in [5.41, 5.74) is 5.25. The summed E-state index contributed by atoms with van der Waals surface area (Å²) in [5, 5.41) is 9.19. The molecule has 1 atom stereocenters. The van der Waals surface area contributed by atoms with E-state index in [-0.39, 0.29) is 19.0 Å². The predicted octanol–water partition coefficient (Wildman–Crippen LogP) is 1.80. The van der Waals surface area contributed by atoms with Crippen molar-refractivity contribution < 1.29 is 9.50 Å². The summed E-state index contributed by atoms with van der Waals surface area (Å²) in [6, 6.07) is 4.99. The lowest BCUT2D eigenvalue weighted by Gasteiger charge is -2.26. The molecule has 1 unspecified atom stereocenters. The fraction of sp³-hybridized carbons (Fsp3) is 0.400. The van der Waals surface area contributed by atoms with Crippen LogP contribution < -0.4 is 5.73 Å². The first kappa shape index (κ1) is 11.6. The minimum absolute atomic E-state index is 0.170. The molecular formula is C10H13BrFNO. The Morgan fingerprint density at radius 2 is 2.21 bits per heavy atom. The second-order valence-corrected chi connectivity index (χ2v) is 4.38. The Bertz CT molecular complexity index is 326. The molecule has 78 valence electrons. The number of rotatable bonds is 3. The number of aliphatic hydroxyl groups excluding tert-OH is 1. The Morgan fingerprint density at radius 3 is 2.71 bits per heavy atom. The molecule has 0 aliphatic heterocycles. The van der Waals surface area contributed by atoms with Crippen molar-refractivity contribution in [1.29, 1.82) is 0 Å². The minimum Gasteiger partial charge on any atom is -0.395 e. The molecule has 0 fully saturated rings. The van der Waals surface area contributed by atoms with Gasteiger partial charge in [0.1, 0.15) is 5.82 Å². The van der Waals surface area contributed by atoms with E-state index in [9.17, 15) is 9.50 Å². The quantitative estimate of drug-likeness (QED) is 0.872. The molecule has 1 aromatic rings. The molecule has 14 heavy (non-hydrogen) atoms. The third-order valence-electron chi connectivity index (χ3n) is 2.40. The molecule has 0 bridgehead atoms. The van der Waals surface area contributed by atoms with Crippen LogP contribution in [0.4, 0.5) is 4.39 Å². The average molecular weight is 262 g/mol. The van der Waals surface area contributed by atoms with Crippen molar-refractivity contribution in [2.24, 2.45) is 5.73 Å². The molecule has 0 amide bonds. The fourth-order valence-electron chi connectivity index (χ4n) is 1.23. The minimum atomic E-state index is -0.714. The number of hydrogen-bond donors (Lipinski definition) is 2. The molecule has 0 radical (unpaired) electrons. The molecule has 0 aliphatic carbocycles. The van der Waals surface area contributed by atoms with Gasteiger partial charge in [-0.2, -0.15) is 0 Å². The van der Waals surface area contributed by atoms with E-state index < -0.39 is 5.41 Å². The third-order valence-corrected chi connectivity index (χ3v) is 3.01. The first-order valence-corrected chi connectivity index (χ1v) is 5.10. The lowest BCUT2D eigenvalue weighted by Crippen LogP contribution is -2.36. The van der Waals surface area contributed by atoms with E-state index >= 15 is 0 Å². The van der Waals surface area contributed by atoms with Gasteiger partial charge >= 0.3 is 0 Å². The molecule has 2 nitrogen and oxygen atoms in total. The zero-order chi connectivity index (χ0) is 10.8. The Morgan fingerprint density at radius 1 is 1.57 bits per heavy atom. The molecule has 3 N–H and O–H groups in total. The highest BCUT2D eigenvalue weighted by molar-refractivity contribution is 9.10. The van der Waals surface area contributed by atoms with Crippen LogP contribution in [-0.2, 0) is 5.41 Å². The van der Waals surface area contributed by atoms with Gasteiger partial charge in [-0.1, -0.05) is 19.1 Å². The van der Waals surface area contributed by atoms with Crippen LogP contribution in [-0.4, -0.2) is 18.3 Å². The van der Waals surface area contributed by atoms with E-state index in [2.05, 4.69) is 15.9 Å². The largest absolute Gasteiger partial charge is 0.395 e. The van der Waals surface area contributed by atoms with E-state index in [0.717, 1.165) is 0 Å². The second-order valence-electron chi connectivity index (χ2n) is 3.52. The zero-order valence-corrected chi connectivity index (χ0v) is 9.51. The summed E-state index contributed by atoms with van der Waals surface area (Å²) < 4.78 is 14.0. The van der Waals surface area contributed by atoms with Crippen LogP contribution in [0.5, 0.6) is 0 Å². The highest BCUT2D eigenvalue weighted by Crippen LogP contribution is 2.28. The van der Waals surface area contributed by atoms with Gasteiger partial charge in [-0.3, -0.25) is 0 Å². The van der Waals surface area contributed by atoms with Gasteiger partial charge in [0.2, 0.25) is 0 Å². The number of nitrogens with two attached hydrogens (primary N) is 1. The third kappa shape index (κ3) is 1.97. The normalized spacial score (nSPS) is 15.2. The first-order chi connectivity index (χ1) is 6.55. The van der Waals surface area contributed by atoms with E-state index in [1.54, 1.807) is 25.1 Å². The van der Waals surface area contributed by atoms with Gasteiger partial charge < -0.3 is 10.8 Å². The predicted molar refractivity (Wildman–Crippen MR) is 57.6 cm³/mol. The monoisotopic (exact) mass is 261 g/mol. The molecule has 0 saturated carbocycles. The molecule has 0 aromatic heterocycles. The van der Waals surface area contributed by atoms with Gasteiger partial charge in [0.15, 0.2) is 0 Å². The van der Waals surface area contributed by atoms with Crippen molar-refractivity contribution in [1.82, 2.24) is 0 Å². The molecule has 0 aliphatic rings. The first-order valence-electron chi connectivity index (χ1n) is 4.30. The highest BCUT2D eigenvalue weighted by Gasteiger charge is 2.27. The van der Waals surface area contributed by atoms with Crippen LogP contribution in [0.2, 0.25) is 0 Å². The average Bonchev–Trinajstić information content (AvgIpc) is 2.21. The molecule has 0 heterocycles. The van der Waals surface area contributed by atoms with Crippen LogP contribution in [0.15, 0.2) is 22.7 Å². The maximum atomic E-state index is 13.7. The van der Waals surface area contributed by atoms with E-state index in [1.165, 1.54) is 0 Å². The Hall–Kier alpha value is -0.450. The summed E-state index contributed by atoms with van der Waals surface area (Å²) in [5.74, 6) is -0.352. The van der Waals surface area contributed by atoms with E-state index in [0.29, 0.717) is 10.0 Å². The van der Waals surface area contributed by atoms with Gasteiger partial charge in [-0.15, -0.1) is 0 Å². The van der Waals surface area contributed by atoms with Gasteiger partial charge in [0.05, 0.1) is 11.1 Å². The van der Waals surface area contributed by atoms with Gasteiger partial charge in [-0.05, 0) is 27.6 Å². The van der Waals surface area contributed by atoms with Crippen LogP contribution in [0, 0.1) is 5.82 Å². The number of hydrogen-bond acceptors (Lipinski definition) is 2. The zero-order valence-electron chi connectivity index (χ0n) is 7.93. The summed E-state index contributed by atoms with van der Waals surface area (Å²) in [6.07, 6.45) is 0. The summed E-state index contributed by atoms with van der Waals surface area (Å²) >= 11 is 3.10. The maximum Gasteiger partial charge on any atom is 0.141 e. The number of halogens is 2. The number of aliphatic hydroxyl groups is 1. The van der Waals surface area contributed by atoms with Crippen molar-refractivity contribution in [3.05, 3.63) is 34.1 Å². The van der Waals surface area contributed by atoms with Crippen LogP contribution in [0.1, 0.15) is 12.5 Å². The van der Waals surface area contributed by atoms with Crippen LogP contribution in [0.3, 0.4) is 0 Å². The molecule has 0 saturated heterocycles. The Kier molecular flexibility index (Phi) is 3.64. The van der Waals surface area contributed by atoms with Crippen molar-refractivity contribution in [2.45, 2.75) is 12.3 Å². The van der Waals surface area contributed by atoms with Crippen molar-refractivity contribution in [2.75, 3.05) is 13.2 Å². The molecule has 1 rings (SSSR count). The van der Waals surface area contributed by atoms with E-state index in [4.69, 9.17) is 5.73 Å². The van der Waals surface area contributed by atoms with E-state index in [1.807, 2.05) is 0 Å². The lowest BCUT2D eigenvalue weighted by molar-refractivity contribution is 0.206. The fourth-order valence-corrected chi connectivity index (χ4v) is 1.60. The van der Waals surface area contributed by atoms with Crippen LogP contribution in [0.25, 0.3) is 0 Å². The highest BCUT2D eigenvalue weighted by atomic mass is 79.9. The van der Waals surface area contributed by atoms with Crippen molar-refractivity contribution in [3.63, 3.8) is 0 Å². The topological polar surface area (TPSA) is 46.2 Å². The van der Waals surface area contributed by atoms with Crippen LogP contribution >= 0.6 is 15.9 Å². The number of benzene rings is 1. The second kappa shape index (κ2) is 4.38. The Labute approximate surface area is 91.1 Å². The van der Waals surface area contributed by atoms with Crippen molar-refractivity contribution >= 4 is 15.9 Å². The smallest absolute Gasteiger partial charge is 0.141 e. The summed E-state index contributed by atoms with van der Waals surface area (Å²) in [7, 11) is 0. The molecular weight excluding hydrogens is 249 g/mol. The summed E-state index contributed by atoms with van der Waals surface area (Å²) in [6.45, 7) is 1.77. The summed E-state index contributed by atoms with van der Waals surface area (Å²) in [4.78, 5) is 0. The SMILES string of the molecule is CC(CN)(CO)c1cccc(Br)c1F. The molecule has 0 spiro atoms. The maximum absolute atomic E-state index is 13.7. The van der Waals surface area contributed by atoms with Gasteiger partial charge in [-0.25, -0.2) is 4.39 Å². The van der Waals surface area contributed by atoms with Crippen molar-refractivity contribution in [3.8, 4) is 0 Å². The van der Waals surface area contributed by atoms with Gasteiger partial charge in [0.25, 0.3) is 0 Å². The van der Waals surface area contributed by atoms with Gasteiger partial charge in [0, 0.05) is 12.0 Å². The standard InChI is InChI=1S/C10H13BrFNO/c1-10(5-13,6-14)7-3-2-4-8(11)9(7)12/h2-4,14H,5-6,13H2,1H3. The Balaban J connectivity index is 3.24.